The fourth-order valence-electron chi connectivity index (χ4n) is 1.34. The largest absolute Gasteiger partial charge is 0.479 e. The molecule has 64 valence electrons. The van der Waals surface area contributed by atoms with Crippen molar-refractivity contribution in [2.45, 2.75) is 18.7 Å². The molecule has 2 aliphatic rings. The summed E-state index contributed by atoms with van der Waals surface area (Å²) in [6.45, 7) is 0. The van der Waals surface area contributed by atoms with Crippen LogP contribution in [0.2, 0.25) is 0 Å². The number of nitrogens with zero attached hydrogens (tertiary/aromatic N) is 1. The lowest BCUT2D eigenvalue weighted by atomic mass is 10.1. The first-order chi connectivity index (χ1) is 5.61. The van der Waals surface area contributed by atoms with E-state index in [1.165, 1.54) is 0 Å². The van der Waals surface area contributed by atoms with Gasteiger partial charge in [0.2, 0.25) is 11.9 Å². The van der Waals surface area contributed by atoms with Crippen LogP contribution in [0, 0.1) is 0 Å². The second-order valence-electron chi connectivity index (χ2n) is 2.64. The fraction of sp³-hybridized carbons (Fsp3) is 0.500. The molecule has 2 fully saturated rings. The molecule has 2 rings (SSSR count). The Morgan fingerprint density at radius 1 is 1.58 bits per heavy atom. The van der Waals surface area contributed by atoms with Crippen molar-refractivity contribution >= 4 is 17.8 Å². The van der Waals surface area contributed by atoms with Gasteiger partial charge in [0.1, 0.15) is 0 Å². The summed E-state index contributed by atoms with van der Waals surface area (Å²) in [4.78, 5) is 33.0. The number of amides is 1. The van der Waals surface area contributed by atoms with Gasteiger partial charge in [-0.3, -0.25) is 9.69 Å². The molecule has 2 saturated heterocycles. The Morgan fingerprint density at radius 2 is 2.25 bits per heavy atom. The first-order valence-corrected chi connectivity index (χ1v) is 3.35. The molecule has 0 bridgehead atoms. The number of carboxylic acids is 1. The first-order valence-electron chi connectivity index (χ1n) is 3.35. The number of aliphatic carboxylic acids is 1. The number of hydrogen-bond donors (Lipinski definition) is 1. The average Bonchev–Trinajstić information content (AvgIpc) is 2.22. The molecule has 12 heavy (non-hydrogen) atoms. The van der Waals surface area contributed by atoms with Crippen LogP contribution in [0.5, 0.6) is 0 Å². The van der Waals surface area contributed by atoms with Gasteiger partial charge in [-0.05, 0) is 0 Å². The van der Waals surface area contributed by atoms with E-state index in [4.69, 9.17) is 5.11 Å². The molecule has 0 aliphatic carbocycles. The van der Waals surface area contributed by atoms with E-state index in [9.17, 15) is 14.4 Å². The summed E-state index contributed by atoms with van der Waals surface area (Å²) in [5, 5.41) is 8.53. The highest BCUT2D eigenvalue weighted by atomic mass is 16.6. The monoisotopic (exact) mass is 171 g/mol. The topological polar surface area (TPSA) is 83.9 Å². The standard InChI is InChI=1S/C6H5NO5/c8-2-1-3-7(2)4(5(9)10)6(11)12-3/h3-4H,1H2,(H,9,10). The second kappa shape index (κ2) is 1.96. The number of ether oxygens (including phenoxy) is 1. The Balaban J connectivity index is 2.26. The summed E-state index contributed by atoms with van der Waals surface area (Å²) in [6, 6.07) is -1.42. The lowest BCUT2D eigenvalue weighted by Gasteiger charge is -2.32. The maximum absolute atomic E-state index is 10.8. The number of carbonyl (C=O) groups is 3. The lowest BCUT2D eigenvalue weighted by molar-refractivity contribution is -0.163. The zero-order chi connectivity index (χ0) is 8.88. The van der Waals surface area contributed by atoms with Gasteiger partial charge < -0.3 is 9.84 Å². The summed E-state index contributed by atoms with van der Waals surface area (Å²) in [5.41, 5.74) is 0. The normalized spacial score (nSPS) is 32.5. The highest BCUT2D eigenvalue weighted by Gasteiger charge is 2.56. The number of carboxylic acid groups (broad SMARTS) is 1. The van der Waals surface area contributed by atoms with Crippen molar-refractivity contribution in [3.05, 3.63) is 0 Å². The van der Waals surface area contributed by atoms with Crippen LogP contribution in [0.4, 0.5) is 0 Å². The third-order valence-electron chi connectivity index (χ3n) is 1.94. The summed E-state index contributed by atoms with van der Waals surface area (Å²) in [6.07, 6.45) is -0.527. The van der Waals surface area contributed by atoms with Crippen LogP contribution in [0.3, 0.4) is 0 Å². The molecule has 2 unspecified atom stereocenters. The second-order valence-corrected chi connectivity index (χ2v) is 2.64. The van der Waals surface area contributed by atoms with Gasteiger partial charge in [0.05, 0.1) is 6.42 Å². The Morgan fingerprint density at radius 3 is 2.67 bits per heavy atom. The van der Waals surface area contributed by atoms with Gasteiger partial charge in [-0.2, -0.15) is 0 Å². The Hall–Kier alpha value is -1.59. The van der Waals surface area contributed by atoms with Gasteiger partial charge in [0, 0.05) is 0 Å². The van der Waals surface area contributed by atoms with Crippen LogP contribution in [-0.2, 0) is 19.1 Å². The van der Waals surface area contributed by atoms with Crippen LogP contribution in [0.1, 0.15) is 6.42 Å². The van der Waals surface area contributed by atoms with Crippen LogP contribution in [-0.4, -0.2) is 40.1 Å². The van der Waals surface area contributed by atoms with E-state index in [1.807, 2.05) is 0 Å². The molecular formula is C6H5NO5. The summed E-state index contributed by atoms with van der Waals surface area (Å²) >= 11 is 0. The highest BCUT2D eigenvalue weighted by molar-refractivity contribution is 6.05. The van der Waals surface area contributed by atoms with E-state index >= 15 is 0 Å². The molecule has 0 aromatic carbocycles. The van der Waals surface area contributed by atoms with Crippen LogP contribution >= 0.6 is 0 Å². The zero-order valence-electron chi connectivity index (χ0n) is 5.89. The van der Waals surface area contributed by atoms with Crippen molar-refractivity contribution in [2.24, 2.45) is 0 Å². The van der Waals surface area contributed by atoms with Crippen molar-refractivity contribution in [1.82, 2.24) is 4.90 Å². The van der Waals surface area contributed by atoms with Gasteiger partial charge in [-0.15, -0.1) is 0 Å². The minimum absolute atomic E-state index is 0.107. The zero-order valence-corrected chi connectivity index (χ0v) is 5.89. The van der Waals surface area contributed by atoms with E-state index in [1.54, 1.807) is 0 Å². The quantitative estimate of drug-likeness (QED) is 0.296. The van der Waals surface area contributed by atoms with Gasteiger partial charge in [-0.25, -0.2) is 9.59 Å². The van der Waals surface area contributed by atoms with E-state index in [0.29, 0.717) is 0 Å². The van der Waals surface area contributed by atoms with Crippen molar-refractivity contribution < 1.29 is 24.2 Å². The molecule has 1 N–H and O–H groups in total. The molecule has 0 saturated carbocycles. The molecule has 0 aromatic rings. The van der Waals surface area contributed by atoms with Crippen LogP contribution in [0.25, 0.3) is 0 Å². The minimum Gasteiger partial charge on any atom is -0.479 e. The maximum Gasteiger partial charge on any atom is 0.342 e. The maximum atomic E-state index is 10.8. The lowest BCUT2D eigenvalue weighted by Crippen LogP contribution is -2.55. The van der Waals surface area contributed by atoms with Crippen molar-refractivity contribution in [2.75, 3.05) is 0 Å². The third-order valence-corrected chi connectivity index (χ3v) is 1.94. The number of rotatable bonds is 1. The Kier molecular flexibility index (Phi) is 1.16. The highest BCUT2D eigenvalue weighted by Crippen LogP contribution is 2.30. The molecule has 2 heterocycles. The SMILES string of the molecule is O=C(O)C1C(=O)OC2CC(=O)N21. The van der Waals surface area contributed by atoms with Gasteiger partial charge in [-0.1, -0.05) is 0 Å². The van der Waals surface area contributed by atoms with Crippen molar-refractivity contribution in [3.63, 3.8) is 0 Å². The predicted octanol–water partition coefficient (Wildman–Crippen LogP) is -1.45. The molecular weight excluding hydrogens is 166 g/mol. The molecule has 2 atom stereocenters. The molecule has 2 aliphatic heterocycles. The van der Waals surface area contributed by atoms with E-state index in [2.05, 4.69) is 4.74 Å². The van der Waals surface area contributed by atoms with Crippen LogP contribution < -0.4 is 0 Å². The van der Waals surface area contributed by atoms with Gasteiger partial charge in [0.15, 0.2) is 6.23 Å². The van der Waals surface area contributed by atoms with E-state index in [0.717, 1.165) is 4.90 Å². The predicted molar refractivity (Wildman–Crippen MR) is 32.8 cm³/mol. The average molecular weight is 171 g/mol. The molecule has 6 nitrogen and oxygen atoms in total. The summed E-state index contributed by atoms with van der Waals surface area (Å²) in [7, 11) is 0. The van der Waals surface area contributed by atoms with Gasteiger partial charge >= 0.3 is 11.9 Å². The minimum atomic E-state index is -1.42. The van der Waals surface area contributed by atoms with E-state index < -0.39 is 24.2 Å². The van der Waals surface area contributed by atoms with Crippen molar-refractivity contribution in [1.29, 1.82) is 0 Å². The Bertz CT molecular complexity index is 286. The van der Waals surface area contributed by atoms with E-state index in [-0.39, 0.29) is 12.3 Å². The third kappa shape index (κ3) is 0.662. The molecule has 1 amide bonds. The molecule has 0 radical (unpaired) electrons. The fourth-order valence-corrected chi connectivity index (χ4v) is 1.34. The Labute approximate surface area is 66.7 Å². The van der Waals surface area contributed by atoms with Crippen LogP contribution in [0.15, 0.2) is 0 Å². The van der Waals surface area contributed by atoms with Crippen molar-refractivity contribution in [3.8, 4) is 0 Å². The molecule has 0 aromatic heterocycles. The first kappa shape index (κ1) is 7.08. The number of hydrogen-bond acceptors (Lipinski definition) is 4. The number of fused-ring (bicyclic) bond motifs is 1. The molecule has 6 heteroatoms. The summed E-state index contributed by atoms with van der Waals surface area (Å²) < 4.78 is 4.59. The number of carbonyl (C=O) groups excluding carboxylic acids is 2. The van der Waals surface area contributed by atoms with Gasteiger partial charge in [0.25, 0.3) is 0 Å². The molecule has 0 spiro atoms. The smallest absolute Gasteiger partial charge is 0.342 e. The summed E-state index contributed by atoms with van der Waals surface area (Å²) in [5.74, 6) is -2.54. The number of esters is 1. The number of β-lactam (4-membered cyclic amide) rings is 1.